The lowest BCUT2D eigenvalue weighted by Crippen LogP contribution is -2.48. The Balaban J connectivity index is 2.02. The smallest absolute Gasteiger partial charge is 0.409 e. The summed E-state index contributed by atoms with van der Waals surface area (Å²) < 4.78 is 33.7. The van der Waals surface area contributed by atoms with Crippen molar-refractivity contribution in [1.82, 2.24) is 10.3 Å². The first-order valence-corrected chi connectivity index (χ1v) is 11.0. The lowest BCUT2D eigenvalue weighted by atomic mass is 10.2. The van der Waals surface area contributed by atoms with E-state index in [0.717, 1.165) is 15.6 Å². The van der Waals surface area contributed by atoms with E-state index in [1.165, 1.54) is 31.3 Å². The summed E-state index contributed by atoms with van der Waals surface area (Å²) in [6.45, 7) is 3.32. The van der Waals surface area contributed by atoms with E-state index in [1.54, 1.807) is 0 Å². The molecule has 1 atom stereocenters. The zero-order valence-corrected chi connectivity index (χ0v) is 17.3. The van der Waals surface area contributed by atoms with E-state index in [0.29, 0.717) is 11.4 Å². The van der Waals surface area contributed by atoms with Gasteiger partial charge in [-0.1, -0.05) is 6.92 Å². The molecule has 29 heavy (non-hydrogen) atoms. The molecule has 0 saturated heterocycles. The molecule has 1 aliphatic heterocycles. The number of thiazole rings is 1. The van der Waals surface area contributed by atoms with Crippen LogP contribution in [0.2, 0.25) is 0 Å². The number of ether oxygens (including phenoxy) is 1. The van der Waals surface area contributed by atoms with E-state index >= 15 is 0 Å². The van der Waals surface area contributed by atoms with Crippen LogP contribution < -0.4 is 19.7 Å². The maximum atomic E-state index is 13.3. The number of carbonyl (C=O) groups is 2. The van der Waals surface area contributed by atoms with Gasteiger partial charge in [-0.2, -0.15) is 0 Å². The van der Waals surface area contributed by atoms with Crippen molar-refractivity contribution in [2.75, 3.05) is 22.7 Å². The molecule has 0 aliphatic carbocycles. The fourth-order valence-electron chi connectivity index (χ4n) is 2.79. The van der Waals surface area contributed by atoms with Crippen LogP contribution in [0, 0.1) is 0 Å². The molecule has 0 bridgehead atoms. The minimum Gasteiger partial charge on any atom is -0.484 e. The first kappa shape index (κ1) is 20.9. The molecule has 3 N–H and O–H groups in total. The summed E-state index contributed by atoms with van der Waals surface area (Å²) in [7, 11) is -3.96. The number of amides is 2. The number of rotatable bonds is 6. The predicted molar refractivity (Wildman–Crippen MR) is 107 cm³/mol. The van der Waals surface area contributed by atoms with Gasteiger partial charge in [0.25, 0.3) is 10.0 Å². The third-order valence-corrected chi connectivity index (χ3v) is 7.46. The molecule has 2 heterocycles. The van der Waals surface area contributed by atoms with Crippen LogP contribution in [-0.4, -0.2) is 49.7 Å². The fraction of sp³-hybridized carbons (Fsp3) is 0.353. The minimum atomic E-state index is -3.96. The van der Waals surface area contributed by atoms with Crippen LogP contribution in [0.15, 0.2) is 28.6 Å². The minimum absolute atomic E-state index is 0.0501. The molecule has 1 aromatic heterocycles. The van der Waals surface area contributed by atoms with E-state index < -0.39 is 22.2 Å². The van der Waals surface area contributed by atoms with Gasteiger partial charge in [0.05, 0.1) is 30.0 Å². The molecule has 10 nitrogen and oxygen atoms in total. The van der Waals surface area contributed by atoms with Crippen molar-refractivity contribution in [2.24, 2.45) is 0 Å². The molecule has 3 rings (SSSR count). The average molecular weight is 441 g/mol. The highest BCUT2D eigenvalue weighted by atomic mass is 32.2. The Morgan fingerprint density at radius 1 is 1.41 bits per heavy atom. The first-order chi connectivity index (χ1) is 13.7. The van der Waals surface area contributed by atoms with Gasteiger partial charge >= 0.3 is 6.09 Å². The molecular weight excluding hydrogens is 420 g/mol. The van der Waals surface area contributed by atoms with Gasteiger partial charge in [0.1, 0.15) is 11.9 Å². The lowest BCUT2D eigenvalue weighted by molar-refractivity contribution is -0.119. The van der Waals surface area contributed by atoms with Crippen molar-refractivity contribution in [3.8, 4) is 5.75 Å². The van der Waals surface area contributed by atoms with Crippen LogP contribution in [0.25, 0.3) is 0 Å². The summed E-state index contributed by atoms with van der Waals surface area (Å²) in [4.78, 5) is 26.3. The van der Waals surface area contributed by atoms with Crippen LogP contribution in [0.1, 0.15) is 18.9 Å². The Morgan fingerprint density at radius 2 is 2.17 bits per heavy atom. The van der Waals surface area contributed by atoms with Crippen LogP contribution in [0.3, 0.4) is 0 Å². The Morgan fingerprint density at radius 3 is 2.79 bits per heavy atom. The number of carbonyl (C=O) groups excluding carboxylic acids is 1. The summed E-state index contributed by atoms with van der Waals surface area (Å²) in [5.41, 5.74) is 0.417. The second-order valence-corrected chi connectivity index (χ2v) is 9.46. The summed E-state index contributed by atoms with van der Waals surface area (Å²) in [5.74, 6) is 0.0104. The molecule has 0 spiro atoms. The van der Waals surface area contributed by atoms with Gasteiger partial charge in [0.15, 0.2) is 4.21 Å². The number of sulfonamides is 1. The number of aromatic nitrogens is 1. The molecule has 0 unspecified atom stereocenters. The zero-order valence-electron chi connectivity index (χ0n) is 15.7. The normalized spacial score (nSPS) is 15.9. The molecule has 12 heteroatoms. The van der Waals surface area contributed by atoms with Crippen molar-refractivity contribution < 1.29 is 27.9 Å². The monoisotopic (exact) mass is 440 g/mol. The number of benzene rings is 1. The van der Waals surface area contributed by atoms with Crippen LogP contribution in [0.5, 0.6) is 5.75 Å². The molecule has 0 radical (unpaired) electrons. The maximum Gasteiger partial charge on any atom is 0.409 e. The zero-order chi connectivity index (χ0) is 21.2. The standard InChI is InChI=1S/C17H20N4O6S2/c1-3-15-19-8-16(28-15)29(25,26)21-9-12(7-18-10(2)22)27-14-5-4-11(6-13(14)21)20-17(23)24/h4-6,8,12,20H,3,7,9H2,1-2H3,(H,18,22)(H,23,24)/t12-/m0/s1. The lowest BCUT2D eigenvalue weighted by Gasteiger charge is -2.35. The molecule has 1 aliphatic rings. The second kappa shape index (κ2) is 8.25. The highest BCUT2D eigenvalue weighted by Crippen LogP contribution is 2.39. The van der Waals surface area contributed by atoms with Crippen LogP contribution >= 0.6 is 11.3 Å². The number of hydrogen-bond acceptors (Lipinski definition) is 7. The second-order valence-electron chi connectivity index (χ2n) is 6.25. The molecule has 156 valence electrons. The van der Waals surface area contributed by atoms with Crippen molar-refractivity contribution in [3.05, 3.63) is 29.4 Å². The first-order valence-electron chi connectivity index (χ1n) is 8.73. The van der Waals surface area contributed by atoms with E-state index in [4.69, 9.17) is 9.84 Å². The van der Waals surface area contributed by atoms with Crippen molar-refractivity contribution in [1.29, 1.82) is 0 Å². The van der Waals surface area contributed by atoms with Gasteiger partial charge in [-0.3, -0.25) is 14.4 Å². The number of nitrogens with zero attached hydrogens (tertiary/aromatic N) is 2. The predicted octanol–water partition coefficient (Wildman–Crippen LogP) is 1.89. The van der Waals surface area contributed by atoms with E-state index in [9.17, 15) is 18.0 Å². The van der Waals surface area contributed by atoms with Crippen LogP contribution in [-0.2, 0) is 21.2 Å². The molecule has 1 aromatic carbocycles. The van der Waals surface area contributed by atoms with E-state index in [2.05, 4.69) is 15.6 Å². The molecule has 2 aromatic rings. The van der Waals surface area contributed by atoms with E-state index in [1.807, 2.05) is 6.92 Å². The average Bonchev–Trinajstić information content (AvgIpc) is 3.15. The SMILES string of the molecule is CCc1ncc(S(=O)(=O)N2C[C@H](CNC(C)=O)Oc3ccc(NC(=O)O)cc32)s1. The van der Waals surface area contributed by atoms with Crippen molar-refractivity contribution in [3.63, 3.8) is 0 Å². The number of carboxylic acid groups (broad SMARTS) is 1. The Hall–Kier alpha value is -2.86. The van der Waals surface area contributed by atoms with Gasteiger partial charge in [-0.05, 0) is 24.6 Å². The highest BCUT2D eigenvalue weighted by molar-refractivity contribution is 7.94. The Kier molecular flexibility index (Phi) is 5.94. The molecule has 0 fully saturated rings. The van der Waals surface area contributed by atoms with Crippen LogP contribution in [0.4, 0.5) is 16.2 Å². The molecular formula is C17H20N4O6S2. The summed E-state index contributed by atoms with van der Waals surface area (Å²) in [6.07, 6.45) is 0.0427. The van der Waals surface area contributed by atoms with E-state index in [-0.39, 0.29) is 40.3 Å². The van der Waals surface area contributed by atoms with Gasteiger partial charge in [-0.15, -0.1) is 11.3 Å². The summed E-state index contributed by atoms with van der Waals surface area (Å²) >= 11 is 1.08. The number of nitrogens with one attached hydrogen (secondary N) is 2. The fourth-order valence-corrected chi connectivity index (χ4v) is 5.52. The van der Waals surface area contributed by atoms with Crippen molar-refractivity contribution in [2.45, 2.75) is 30.6 Å². The number of aryl methyl sites for hydroxylation is 1. The third kappa shape index (κ3) is 4.59. The van der Waals surface area contributed by atoms with Crippen molar-refractivity contribution >= 4 is 44.7 Å². The number of anilines is 2. The summed E-state index contributed by atoms with van der Waals surface area (Å²) in [6, 6.07) is 4.37. The Bertz CT molecular complexity index is 1040. The van der Waals surface area contributed by atoms with Gasteiger partial charge < -0.3 is 15.2 Å². The van der Waals surface area contributed by atoms with Gasteiger partial charge in [0.2, 0.25) is 5.91 Å². The third-order valence-electron chi connectivity index (χ3n) is 4.10. The topological polar surface area (TPSA) is 138 Å². The number of fused-ring (bicyclic) bond motifs is 1. The largest absolute Gasteiger partial charge is 0.484 e. The quantitative estimate of drug-likeness (QED) is 0.623. The highest BCUT2D eigenvalue weighted by Gasteiger charge is 2.36. The Labute approximate surface area is 171 Å². The maximum absolute atomic E-state index is 13.3. The molecule has 0 saturated carbocycles. The number of hydrogen-bond donors (Lipinski definition) is 3. The van der Waals surface area contributed by atoms with Gasteiger partial charge in [0, 0.05) is 12.6 Å². The van der Waals surface area contributed by atoms with Gasteiger partial charge in [-0.25, -0.2) is 18.2 Å². The molecule has 2 amide bonds. The summed E-state index contributed by atoms with van der Waals surface area (Å²) in [5, 5.41) is 14.5.